The Morgan fingerprint density at radius 2 is 2.38 bits per heavy atom. The monoisotopic (exact) mass is 186 g/mol. The maximum absolute atomic E-state index is 10.5. The third-order valence-electron chi connectivity index (χ3n) is 2.55. The lowest BCUT2D eigenvalue weighted by molar-refractivity contribution is -0.139. The van der Waals surface area contributed by atoms with Crippen LogP contribution in [0.1, 0.15) is 39.0 Å². The number of ether oxygens (including phenoxy) is 1. The Kier molecular flexibility index (Phi) is 4.22. The van der Waals surface area contributed by atoms with Crippen LogP contribution in [0.25, 0.3) is 0 Å². The van der Waals surface area contributed by atoms with E-state index < -0.39 is 5.97 Å². The van der Waals surface area contributed by atoms with Gasteiger partial charge in [0, 0.05) is 13.0 Å². The molecule has 1 saturated heterocycles. The summed E-state index contributed by atoms with van der Waals surface area (Å²) in [6.45, 7) is 2.87. The van der Waals surface area contributed by atoms with E-state index in [1.54, 1.807) is 0 Å². The minimum Gasteiger partial charge on any atom is -0.481 e. The van der Waals surface area contributed by atoms with E-state index in [1.807, 2.05) is 0 Å². The molecule has 0 aromatic carbocycles. The van der Waals surface area contributed by atoms with E-state index in [-0.39, 0.29) is 0 Å². The first-order valence-corrected chi connectivity index (χ1v) is 5.05. The number of carbonyl (C=O) groups is 1. The topological polar surface area (TPSA) is 46.5 Å². The van der Waals surface area contributed by atoms with Crippen molar-refractivity contribution in [1.29, 1.82) is 0 Å². The first-order chi connectivity index (χ1) is 6.22. The van der Waals surface area contributed by atoms with E-state index in [0.717, 1.165) is 32.3 Å². The van der Waals surface area contributed by atoms with Gasteiger partial charge in [0.15, 0.2) is 0 Å². The highest BCUT2D eigenvalue weighted by Crippen LogP contribution is 2.25. The first-order valence-electron chi connectivity index (χ1n) is 5.05. The predicted molar refractivity (Wildman–Crippen MR) is 49.6 cm³/mol. The van der Waals surface area contributed by atoms with Gasteiger partial charge in [0.25, 0.3) is 0 Å². The molecule has 1 aliphatic rings. The van der Waals surface area contributed by atoms with E-state index in [4.69, 9.17) is 9.84 Å². The van der Waals surface area contributed by atoms with Crippen LogP contribution in [0.15, 0.2) is 0 Å². The van der Waals surface area contributed by atoms with Gasteiger partial charge in [0.2, 0.25) is 0 Å². The maximum atomic E-state index is 10.5. The van der Waals surface area contributed by atoms with Crippen LogP contribution in [0.5, 0.6) is 0 Å². The highest BCUT2D eigenvalue weighted by atomic mass is 16.5. The summed E-state index contributed by atoms with van der Waals surface area (Å²) in [6, 6.07) is 0. The lowest BCUT2D eigenvalue weighted by Gasteiger charge is -2.28. The summed E-state index contributed by atoms with van der Waals surface area (Å²) in [6.07, 6.45) is 4.64. The van der Waals surface area contributed by atoms with Crippen molar-refractivity contribution in [1.82, 2.24) is 0 Å². The lowest BCUT2D eigenvalue weighted by Crippen LogP contribution is -2.26. The van der Waals surface area contributed by atoms with Crippen LogP contribution in [-0.2, 0) is 9.53 Å². The molecule has 1 N–H and O–H groups in total. The second kappa shape index (κ2) is 5.22. The SMILES string of the molecule is CCCC1C[C@H](CC(=O)O)CCO1. The fraction of sp³-hybridized carbons (Fsp3) is 0.900. The van der Waals surface area contributed by atoms with Crippen LogP contribution >= 0.6 is 0 Å². The Morgan fingerprint density at radius 1 is 1.62 bits per heavy atom. The molecule has 0 aromatic rings. The molecule has 1 fully saturated rings. The van der Waals surface area contributed by atoms with Gasteiger partial charge >= 0.3 is 5.97 Å². The van der Waals surface area contributed by atoms with Crippen molar-refractivity contribution in [3.63, 3.8) is 0 Å². The molecule has 1 heterocycles. The summed E-state index contributed by atoms with van der Waals surface area (Å²) in [5.74, 6) is -0.343. The van der Waals surface area contributed by atoms with Crippen molar-refractivity contribution in [3.8, 4) is 0 Å². The zero-order valence-electron chi connectivity index (χ0n) is 8.16. The number of hydrogen-bond donors (Lipinski definition) is 1. The molecular formula is C10H18O3. The summed E-state index contributed by atoms with van der Waals surface area (Å²) >= 11 is 0. The fourth-order valence-corrected chi connectivity index (χ4v) is 1.91. The van der Waals surface area contributed by atoms with Crippen molar-refractivity contribution in [3.05, 3.63) is 0 Å². The summed E-state index contributed by atoms with van der Waals surface area (Å²) in [4.78, 5) is 10.5. The van der Waals surface area contributed by atoms with E-state index in [0.29, 0.717) is 18.4 Å². The van der Waals surface area contributed by atoms with Gasteiger partial charge in [0.05, 0.1) is 6.10 Å². The third kappa shape index (κ3) is 3.77. The summed E-state index contributed by atoms with van der Waals surface area (Å²) in [5.41, 5.74) is 0. The van der Waals surface area contributed by atoms with Gasteiger partial charge in [-0.1, -0.05) is 13.3 Å². The minimum atomic E-state index is -0.679. The Bertz CT molecular complexity index is 166. The number of carboxylic acids is 1. The van der Waals surface area contributed by atoms with Crippen molar-refractivity contribution in [2.45, 2.75) is 45.1 Å². The molecular weight excluding hydrogens is 168 g/mol. The average molecular weight is 186 g/mol. The zero-order valence-corrected chi connectivity index (χ0v) is 8.16. The van der Waals surface area contributed by atoms with Crippen molar-refractivity contribution in [2.24, 2.45) is 5.92 Å². The van der Waals surface area contributed by atoms with Crippen LogP contribution in [0.2, 0.25) is 0 Å². The van der Waals surface area contributed by atoms with Gasteiger partial charge in [-0.25, -0.2) is 0 Å². The Balaban J connectivity index is 2.28. The molecule has 3 heteroatoms. The predicted octanol–water partition coefficient (Wildman–Crippen LogP) is 2.06. The molecule has 3 nitrogen and oxygen atoms in total. The molecule has 1 aliphatic heterocycles. The molecule has 13 heavy (non-hydrogen) atoms. The summed E-state index contributed by atoms with van der Waals surface area (Å²) < 4.78 is 5.54. The van der Waals surface area contributed by atoms with Gasteiger partial charge in [-0.05, 0) is 25.2 Å². The maximum Gasteiger partial charge on any atom is 0.303 e. The summed E-state index contributed by atoms with van der Waals surface area (Å²) in [5, 5.41) is 8.64. The average Bonchev–Trinajstić information content (AvgIpc) is 2.04. The third-order valence-corrected chi connectivity index (χ3v) is 2.55. The largest absolute Gasteiger partial charge is 0.481 e. The van der Waals surface area contributed by atoms with E-state index in [9.17, 15) is 4.79 Å². The molecule has 0 amide bonds. The highest BCUT2D eigenvalue weighted by Gasteiger charge is 2.23. The van der Waals surface area contributed by atoms with Crippen LogP contribution < -0.4 is 0 Å². The van der Waals surface area contributed by atoms with Gasteiger partial charge in [-0.3, -0.25) is 4.79 Å². The van der Waals surface area contributed by atoms with Crippen LogP contribution in [-0.4, -0.2) is 23.8 Å². The smallest absolute Gasteiger partial charge is 0.303 e. The molecule has 0 saturated carbocycles. The lowest BCUT2D eigenvalue weighted by atomic mass is 9.91. The summed E-state index contributed by atoms with van der Waals surface area (Å²) in [7, 11) is 0. The van der Waals surface area contributed by atoms with Crippen LogP contribution in [0.3, 0.4) is 0 Å². The van der Waals surface area contributed by atoms with Gasteiger partial charge in [-0.15, -0.1) is 0 Å². The Hall–Kier alpha value is -0.570. The molecule has 0 bridgehead atoms. The molecule has 76 valence electrons. The molecule has 0 aromatic heterocycles. The molecule has 0 radical (unpaired) electrons. The standard InChI is InChI=1S/C10H18O3/c1-2-3-9-6-8(4-5-13-9)7-10(11)12/h8-9H,2-7H2,1H3,(H,11,12)/t8-,9?/m1/s1. The fourth-order valence-electron chi connectivity index (χ4n) is 1.91. The molecule has 0 aliphatic carbocycles. The Morgan fingerprint density at radius 3 is 3.00 bits per heavy atom. The van der Waals surface area contributed by atoms with Gasteiger partial charge in [-0.2, -0.15) is 0 Å². The highest BCUT2D eigenvalue weighted by molar-refractivity contribution is 5.67. The van der Waals surface area contributed by atoms with E-state index in [1.165, 1.54) is 0 Å². The molecule has 0 spiro atoms. The number of rotatable bonds is 4. The first kappa shape index (κ1) is 10.5. The number of aliphatic carboxylic acids is 1. The van der Waals surface area contributed by atoms with Crippen LogP contribution in [0, 0.1) is 5.92 Å². The van der Waals surface area contributed by atoms with Crippen molar-refractivity contribution >= 4 is 5.97 Å². The second-order valence-corrected chi connectivity index (χ2v) is 3.77. The van der Waals surface area contributed by atoms with E-state index >= 15 is 0 Å². The number of hydrogen-bond acceptors (Lipinski definition) is 2. The second-order valence-electron chi connectivity index (χ2n) is 3.77. The molecule has 1 unspecified atom stereocenters. The minimum absolute atomic E-state index is 0.308. The van der Waals surface area contributed by atoms with E-state index in [2.05, 4.69) is 6.92 Å². The quantitative estimate of drug-likeness (QED) is 0.731. The normalized spacial score (nSPS) is 28.7. The van der Waals surface area contributed by atoms with Gasteiger partial charge < -0.3 is 9.84 Å². The molecule has 1 rings (SSSR count). The number of carboxylic acid groups (broad SMARTS) is 1. The Labute approximate surface area is 79.1 Å². The molecule has 2 atom stereocenters. The van der Waals surface area contributed by atoms with Gasteiger partial charge in [0.1, 0.15) is 0 Å². The van der Waals surface area contributed by atoms with Crippen LogP contribution in [0.4, 0.5) is 0 Å². The van der Waals surface area contributed by atoms with Crippen molar-refractivity contribution in [2.75, 3.05) is 6.61 Å². The van der Waals surface area contributed by atoms with Crippen molar-refractivity contribution < 1.29 is 14.6 Å². The zero-order chi connectivity index (χ0) is 9.68.